The first-order chi connectivity index (χ1) is 30.4. The van der Waals surface area contributed by atoms with Crippen molar-refractivity contribution in [3.63, 3.8) is 0 Å². The number of aliphatic hydroxyl groups is 9. The minimum atomic E-state index is -2.11. The molecule has 13 N–H and O–H groups in total. The highest BCUT2D eigenvalue weighted by Crippen LogP contribution is 2.35. The van der Waals surface area contributed by atoms with Crippen LogP contribution in [-0.2, 0) is 52.2 Å². The number of carbonyl (C=O) groups is 2. The molecule has 0 unspecified atom stereocenters. The highest BCUT2D eigenvalue weighted by Gasteiger charge is 2.55. The van der Waals surface area contributed by atoms with E-state index in [0.717, 1.165) is 30.4 Å². The van der Waals surface area contributed by atoms with Crippen LogP contribution in [0.25, 0.3) is 12.2 Å². The smallest absolute Gasteiger partial charge is 0.331 e. The lowest BCUT2D eigenvalue weighted by atomic mass is 9.96. The number of hydrogen-bond acceptors (Lipinski definition) is 24. The summed E-state index contributed by atoms with van der Waals surface area (Å²) in [5.74, 6) is -3.97. The summed E-state index contributed by atoms with van der Waals surface area (Å²) in [6.07, 6.45) is -25.8. The first-order valence-electron chi connectivity index (χ1n) is 19.8. The zero-order valence-electron chi connectivity index (χ0n) is 33.4. The second-order valence-corrected chi connectivity index (χ2v) is 15.2. The van der Waals surface area contributed by atoms with Crippen molar-refractivity contribution in [1.29, 1.82) is 0 Å². The van der Waals surface area contributed by atoms with Crippen LogP contribution in [0.2, 0.25) is 0 Å². The molecule has 4 saturated heterocycles. The third kappa shape index (κ3) is 12.0. The van der Waals surface area contributed by atoms with Crippen molar-refractivity contribution in [1.82, 2.24) is 0 Å². The van der Waals surface area contributed by atoms with E-state index in [-0.39, 0.29) is 12.0 Å². The van der Waals surface area contributed by atoms with E-state index < -0.39 is 166 Å². The van der Waals surface area contributed by atoms with Gasteiger partial charge in [0.1, 0.15) is 73.8 Å². The van der Waals surface area contributed by atoms with Gasteiger partial charge in [0.2, 0.25) is 0 Å². The lowest BCUT2D eigenvalue weighted by Crippen LogP contribution is -2.66. The SMILES string of the molecule is O=C(/C=C/c1ccc(O)c(O)c1)OC[C@H]1O[C@@H](O[C@@H]2[C@@H](O[C@H]3C[C@@H](O)[C@@H](O)CO3)[C@H](O)O[C@H](CO[C@@H]3OC[C@@H](O)[C@H](O)[C@H]3O)[C@H]2OC(=O)/C=C/c2ccc(O)c(O)c2)[C@H](O)[C@@H](O)[C@@H]1O. The Morgan fingerprint density at radius 3 is 1.81 bits per heavy atom. The molecule has 17 atom stereocenters. The van der Waals surface area contributed by atoms with E-state index in [1.165, 1.54) is 30.4 Å². The topological polar surface area (TPSA) is 380 Å². The molecule has 4 aliphatic rings. The monoisotopic (exact) mass is 914 g/mol. The number of rotatable bonds is 14. The fraction of sp³-hybridized carbons (Fsp3) is 0.550. The molecule has 64 heavy (non-hydrogen) atoms. The van der Waals surface area contributed by atoms with Crippen LogP contribution in [0.15, 0.2) is 48.6 Å². The van der Waals surface area contributed by atoms with Gasteiger partial charge in [-0.05, 0) is 47.5 Å². The van der Waals surface area contributed by atoms with E-state index in [0.29, 0.717) is 5.56 Å². The second kappa shape index (κ2) is 21.6. The maximum absolute atomic E-state index is 13.5. The van der Waals surface area contributed by atoms with Crippen molar-refractivity contribution in [3.05, 3.63) is 59.7 Å². The maximum atomic E-state index is 13.5. The van der Waals surface area contributed by atoms with Gasteiger partial charge in [0.05, 0.1) is 25.9 Å². The average Bonchev–Trinajstić information content (AvgIpc) is 3.26. The Balaban J connectivity index is 1.27. The summed E-state index contributed by atoms with van der Waals surface area (Å²) in [6.45, 7) is -2.41. The summed E-state index contributed by atoms with van der Waals surface area (Å²) in [5, 5.41) is 134. The van der Waals surface area contributed by atoms with Gasteiger partial charge >= 0.3 is 11.9 Å². The molecular formula is C40H50O24. The van der Waals surface area contributed by atoms with Crippen LogP contribution in [0.5, 0.6) is 23.0 Å². The molecule has 0 bridgehead atoms. The van der Waals surface area contributed by atoms with Gasteiger partial charge in [-0.2, -0.15) is 0 Å². The molecule has 0 radical (unpaired) electrons. The number of aromatic hydroxyl groups is 4. The summed E-state index contributed by atoms with van der Waals surface area (Å²) < 4.78 is 51.0. The molecule has 4 aliphatic heterocycles. The van der Waals surface area contributed by atoms with Crippen LogP contribution in [-0.4, -0.2) is 209 Å². The molecule has 6 rings (SSSR count). The summed E-state index contributed by atoms with van der Waals surface area (Å²) in [6, 6.07) is 7.32. The number of carbonyl (C=O) groups excluding carboxylic acids is 2. The molecule has 0 spiro atoms. The zero-order valence-corrected chi connectivity index (χ0v) is 33.4. The second-order valence-electron chi connectivity index (χ2n) is 15.2. The lowest BCUT2D eigenvalue weighted by Gasteiger charge is -2.48. The predicted molar refractivity (Wildman–Crippen MR) is 206 cm³/mol. The number of phenolic OH excluding ortho intramolecular Hbond substituents is 4. The van der Waals surface area contributed by atoms with E-state index in [1.54, 1.807) is 0 Å². The van der Waals surface area contributed by atoms with Crippen LogP contribution in [0.3, 0.4) is 0 Å². The summed E-state index contributed by atoms with van der Waals surface area (Å²) in [5.41, 5.74) is 0.505. The van der Waals surface area contributed by atoms with Gasteiger partial charge in [-0.15, -0.1) is 0 Å². The van der Waals surface area contributed by atoms with Crippen LogP contribution in [0.1, 0.15) is 17.5 Å². The Kier molecular flexibility index (Phi) is 16.5. The summed E-state index contributed by atoms with van der Waals surface area (Å²) >= 11 is 0. The van der Waals surface area contributed by atoms with E-state index >= 15 is 0 Å². The zero-order chi connectivity index (χ0) is 46.4. The predicted octanol–water partition coefficient (Wildman–Crippen LogP) is -4.09. The molecule has 0 aromatic heterocycles. The average molecular weight is 915 g/mol. The van der Waals surface area contributed by atoms with Gasteiger partial charge in [-0.3, -0.25) is 0 Å². The molecule has 4 fully saturated rings. The number of ether oxygens (including phenoxy) is 9. The van der Waals surface area contributed by atoms with Gasteiger partial charge < -0.3 is 109 Å². The molecule has 0 saturated carbocycles. The van der Waals surface area contributed by atoms with Gasteiger partial charge in [0, 0.05) is 18.6 Å². The third-order valence-electron chi connectivity index (χ3n) is 10.6. The molecule has 0 amide bonds. The number of esters is 2. The van der Waals surface area contributed by atoms with E-state index in [9.17, 15) is 76.0 Å². The number of hydrogen-bond donors (Lipinski definition) is 13. The highest BCUT2D eigenvalue weighted by molar-refractivity contribution is 5.88. The van der Waals surface area contributed by atoms with Crippen molar-refractivity contribution in [2.75, 3.05) is 26.4 Å². The van der Waals surface area contributed by atoms with Gasteiger partial charge in [-0.1, -0.05) is 12.1 Å². The van der Waals surface area contributed by atoms with E-state index in [4.69, 9.17) is 42.6 Å². The molecular weight excluding hydrogens is 864 g/mol. The first-order valence-corrected chi connectivity index (χ1v) is 19.8. The van der Waals surface area contributed by atoms with E-state index in [1.807, 2.05) is 0 Å². The fourth-order valence-corrected chi connectivity index (χ4v) is 6.92. The Hall–Kier alpha value is -4.58. The normalized spacial score (nSPS) is 37.1. The molecule has 4 heterocycles. The van der Waals surface area contributed by atoms with Crippen molar-refractivity contribution in [3.8, 4) is 23.0 Å². The van der Waals surface area contributed by atoms with Crippen molar-refractivity contribution >= 4 is 24.1 Å². The number of benzene rings is 2. The van der Waals surface area contributed by atoms with Crippen molar-refractivity contribution in [2.24, 2.45) is 0 Å². The molecule has 2 aromatic rings. The maximum Gasteiger partial charge on any atom is 0.331 e. The molecule has 354 valence electrons. The fourth-order valence-electron chi connectivity index (χ4n) is 6.92. The molecule has 24 heteroatoms. The molecule has 24 nitrogen and oxygen atoms in total. The van der Waals surface area contributed by atoms with Crippen LogP contribution < -0.4 is 0 Å². The Bertz CT molecular complexity index is 1950. The summed E-state index contributed by atoms with van der Waals surface area (Å²) in [7, 11) is 0. The van der Waals surface area contributed by atoms with Gasteiger partial charge in [-0.25, -0.2) is 9.59 Å². The van der Waals surface area contributed by atoms with Gasteiger partial charge in [0.25, 0.3) is 0 Å². The van der Waals surface area contributed by atoms with E-state index in [2.05, 4.69) is 0 Å². The minimum Gasteiger partial charge on any atom is -0.504 e. The third-order valence-corrected chi connectivity index (χ3v) is 10.6. The lowest BCUT2D eigenvalue weighted by molar-refractivity contribution is -0.378. The standard InChI is InChI=1S/C40H50O24/c41-18-5-1-16(9-20(18)43)3-7-27(48)56-14-25-31(51)32(52)34(54)40(61-25)64-36-35(62-28(49)8-4-17-2-6-19(42)21(44)10-17)26(15-59-39-33(53)30(50)24(47)13-58-39)60-38(55)37(36)63-29-11-22(45)23(46)12-57-29/h1-10,22-26,29-47,50-55H,11-15H2/b7-3+,8-4+/t22-,23+,24-,25-,26-,29+,30+,31-,32+,33-,34-,35-,36+,37-,38-,39+,40+/m1/s1. The van der Waals surface area contributed by atoms with Crippen molar-refractivity contribution < 1.29 is 119 Å². The Morgan fingerprint density at radius 1 is 0.578 bits per heavy atom. The Morgan fingerprint density at radius 2 is 1.19 bits per heavy atom. The van der Waals surface area contributed by atoms with Crippen molar-refractivity contribution in [2.45, 2.75) is 111 Å². The highest BCUT2D eigenvalue weighted by atomic mass is 16.8. The van der Waals surface area contributed by atoms with Gasteiger partial charge in [0.15, 0.2) is 54.3 Å². The number of phenols is 4. The Labute approximate surface area is 362 Å². The number of aliphatic hydroxyl groups excluding tert-OH is 9. The van der Waals surface area contributed by atoms with Crippen LogP contribution in [0, 0.1) is 0 Å². The minimum absolute atomic E-state index is 0.212. The van der Waals surface area contributed by atoms with Crippen LogP contribution in [0.4, 0.5) is 0 Å². The molecule has 0 aliphatic carbocycles. The van der Waals surface area contributed by atoms with Crippen LogP contribution >= 0.6 is 0 Å². The quantitative estimate of drug-likeness (QED) is 0.0487. The molecule has 2 aromatic carbocycles. The summed E-state index contributed by atoms with van der Waals surface area (Å²) in [4.78, 5) is 26.1. The first kappa shape index (κ1) is 48.9. The largest absolute Gasteiger partial charge is 0.504 e.